The number of carbonyl (C=O) groups excluding carboxylic acids is 1. The van der Waals surface area contributed by atoms with E-state index in [1.807, 2.05) is 0 Å². The third-order valence-corrected chi connectivity index (χ3v) is 7.49. The molecule has 1 aliphatic heterocycles. The van der Waals surface area contributed by atoms with Gasteiger partial charge in [0.25, 0.3) is 0 Å². The highest BCUT2D eigenvalue weighted by Gasteiger charge is 2.23. The predicted molar refractivity (Wildman–Crippen MR) is 135 cm³/mol. The van der Waals surface area contributed by atoms with Crippen molar-refractivity contribution < 1.29 is 17.4 Å². The van der Waals surface area contributed by atoms with Gasteiger partial charge >= 0.3 is 16.1 Å². The van der Waals surface area contributed by atoms with Crippen molar-refractivity contribution in [3.05, 3.63) is 61.2 Å². The molecule has 3 N–H and O–H groups in total. The minimum atomic E-state index is -4.05. The van der Waals surface area contributed by atoms with Crippen LogP contribution in [0.25, 0.3) is 16.7 Å². The van der Waals surface area contributed by atoms with Gasteiger partial charge in [0.05, 0.1) is 17.4 Å². The topological polar surface area (TPSA) is 134 Å². The Labute approximate surface area is 208 Å². The number of carbonyl (C=O) groups is 1. The zero-order chi connectivity index (χ0) is 25.1. The molecule has 1 aliphatic rings. The van der Waals surface area contributed by atoms with E-state index in [4.69, 9.17) is 4.18 Å². The number of rotatable bonds is 8. The van der Waals surface area contributed by atoms with Crippen molar-refractivity contribution in [3.8, 4) is 11.4 Å². The molecule has 1 atom stereocenters. The molecule has 2 amide bonds. The second-order valence-corrected chi connectivity index (χ2v) is 10.1. The molecule has 0 bridgehead atoms. The maximum Gasteiger partial charge on any atom is 0.339 e. The highest BCUT2D eigenvalue weighted by molar-refractivity contribution is 7.87. The fourth-order valence-electron chi connectivity index (χ4n) is 4.37. The van der Waals surface area contributed by atoms with Crippen LogP contribution in [0, 0.1) is 0 Å². The number of nitrogens with one attached hydrogen (secondary N) is 3. The summed E-state index contributed by atoms with van der Waals surface area (Å²) in [5.41, 5.74) is 1.87. The molecule has 1 saturated heterocycles. The summed E-state index contributed by atoms with van der Waals surface area (Å²) in [6.45, 7) is 4.72. The van der Waals surface area contributed by atoms with Crippen molar-refractivity contribution in [2.45, 2.75) is 30.7 Å². The van der Waals surface area contributed by atoms with Crippen LogP contribution in [0.2, 0.25) is 0 Å². The number of hydrogen-bond acceptors (Lipinski definition) is 7. The summed E-state index contributed by atoms with van der Waals surface area (Å²) in [6, 6.07) is 11.0. The molecule has 1 fully saturated rings. The van der Waals surface area contributed by atoms with E-state index < -0.39 is 10.1 Å². The lowest BCUT2D eigenvalue weighted by Gasteiger charge is -2.22. The monoisotopic (exact) mass is 509 g/mol. The first kappa shape index (κ1) is 23.8. The lowest BCUT2D eigenvalue weighted by molar-refractivity contribution is 0.238. The molecule has 188 valence electrons. The van der Waals surface area contributed by atoms with E-state index in [1.54, 1.807) is 41.5 Å². The number of hydrogen-bond donors (Lipinski definition) is 3. The molecule has 4 aromatic rings. The molecular weight excluding hydrogens is 482 g/mol. The van der Waals surface area contributed by atoms with Gasteiger partial charge in [-0.15, -0.1) is 0 Å². The van der Waals surface area contributed by atoms with Crippen molar-refractivity contribution in [2.24, 2.45) is 0 Å². The van der Waals surface area contributed by atoms with Crippen LogP contribution in [-0.4, -0.2) is 64.5 Å². The number of imidazole rings is 2. The van der Waals surface area contributed by atoms with E-state index in [1.165, 1.54) is 24.3 Å². The molecule has 36 heavy (non-hydrogen) atoms. The maximum absolute atomic E-state index is 12.8. The number of benzene rings is 2. The lowest BCUT2D eigenvalue weighted by atomic mass is 10.2. The minimum Gasteiger partial charge on any atom is -0.379 e. The van der Waals surface area contributed by atoms with Crippen LogP contribution >= 0.6 is 0 Å². The van der Waals surface area contributed by atoms with Crippen molar-refractivity contribution >= 4 is 33.1 Å². The third kappa shape index (κ3) is 5.19. The first-order chi connectivity index (χ1) is 17.4. The van der Waals surface area contributed by atoms with E-state index in [-0.39, 0.29) is 22.6 Å². The first-order valence-corrected chi connectivity index (χ1v) is 13.1. The van der Waals surface area contributed by atoms with Crippen molar-refractivity contribution in [1.82, 2.24) is 29.7 Å². The van der Waals surface area contributed by atoms with Crippen molar-refractivity contribution in [2.75, 3.05) is 25.0 Å². The van der Waals surface area contributed by atoms with Gasteiger partial charge < -0.3 is 19.1 Å². The Balaban J connectivity index is 1.23. The Kier molecular flexibility index (Phi) is 6.61. The van der Waals surface area contributed by atoms with E-state index in [2.05, 4.69) is 37.4 Å². The molecule has 0 saturated carbocycles. The molecule has 0 spiro atoms. The molecule has 1 unspecified atom stereocenters. The molecule has 3 heterocycles. The average molecular weight is 510 g/mol. The Hall–Kier alpha value is -3.90. The number of likely N-dealkylation sites (tertiary alicyclic amines) is 1. The number of aromatic nitrogens is 4. The second-order valence-electron chi connectivity index (χ2n) is 8.53. The van der Waals surface area contributed by atoms with Crippen molar-refractivity contribution in [3.63, 3.8) is 0 Å². The molecular formula is C24H27N7O4S. The van der Waals surface area contributed by atoms with Gasteiger partial charge in [-0.1, -0.05) is 6.92 Å². The molecule has 5 rings (SSSR count). The molecule has 11 nitrogen and oxygen atoms in total. The zero-order valence-corrected chi connectivity index (χ0v) is 20.5. The molecule has 0 radical (unpaired) electrons. The van der Waals surface area contributed by atoms with Crippen molar-refractivity contribution in [1.29, 1.82) is 0 Å². The maximum atomic E-state index is 12.8. The summed E-state index contributed by atoms with van der Waals surface area (Å²) in [4.78, 5) is 26.1. The Morgan fingerprint density at radius 3 is 2.81 bits per heavy atom. The molecule has 2 aromatic heterocycles. The van der Waals surface area contributed by atoms with E-state index in [0.717, 1.165) is 31.6 Å². The standard InChI is InChI=1S/C24H27N7O4S/c1-2-30-12-3-4-18(30)15-26-24(32)29-23-27-21-10-7-19(14-22(21)28-23)35-36(33,34)20-8-5-17(6-9-20)31-13-11-25-16-31/h5-11,13-14,16,18H,2-4,12,15H2,1H3,(H3,26,27,28,29,32). The van der Waals surface area contributed by atoms with Crippen LogP contribution in [0.4, 0.5) is 10.7 Å². The number of urea groups is 1. The molecule has 0 aliphatic carbocycles. The number of amides is 2. The normalized spacial score (nSPS) is 16.3. The summed E-state index contributed by atoms with van der Waals surface area (Å²) >= 11 is 0. The van der Waals surface area contributed by atoms with Crippen LogP contribution in [0.3, 0.4) is 0 Å². The minimum absolute atomic E-state index is 0.0245. The smallest absolute Gasteiger partial charge is 0.339 e. The third-order valence-electron chi connectivity index (χ3n) is 6.22. The van der Waals surface area contributed by atoms with E-state index >= 15 is 0 Å². The number of aromatic amines is 1. The number of likely N-dealkylation sites (N-methyl/N-ethyl adjacent to an activating group) is 1. The second kappa shape index (κ2) is 9.99. The van der Waals surface area contributed by atoms with Crippen LogP contribution < -0.4 is 14.8 Å². The number of nitrogens with zero attached hydrogens (tertiary/aromatic N) is 4. The number of anilines is 1. The fraction of sp³-hybridized carbons (Fsp3) is 0.292. The van der Waals surface area contributed by atoms with Gasteiger partial charge in [0, 0.05) is 36.7 Å². The average Bonchev–Trinajstić information content (AvgIpc) is 3.63. The highest BCUT2D eigenvalue weighted by Crippen LogP contribution is 2.24. The van der Waals surface area contributed by atoms with Gasteiger partial charge in [-0.05, 0) is 62.3 Å². The van der Waals surface area contributed by atoms with Gasteiger partial charge in [-0.25, -0.2) is 14.8 Å². The SMILES string of the molecule is CCN1CCCC1CNC(=O)Nc1nc2cc(OS(=O)(=O)c3ccc(-n4ccnc4)cc3)ccc2[nH]1. The number of fused-ring (bicyclic) bond motifs is 1. The number of H-pyrrole nitrogens is 1. The first-order valence-electron chi connectivity index (χ1n) is 11.7. The summed E-state index contributed by atoms with van der Waals surface area (Å²) in [5, 5.41) is 5.59. The van der Waals surface area contributed by atoms with Crippen LogP contribution in [0.5, 0.6) is 5.75 Å². The Morgan fingerprint density at radius 1 is 1.22 bits per heavy atom. The molecule has 12 heteroatoms. The van der Waals surface area contributed by atoms with Crippen LogP contribution in [-0.2, 0) is 10.1 Å². The molecule has 2 aromatic carbocycles. The Morgan fingerprint density at radius 2 is 2.06 bits per heavy atom. The van der Waals surface area contributed by atoms with E-state index in [0.29, 0.717) is 23.6 Å². The summed E-state index contributed by atoms with van der Waals surface area (Å²) in [7, 11) is -4.05. The van der Waals surface area contributed by atoms with Gasteiger partial charge in [0.2, 0.25) is 5.95 Å². The Bertz CT molecular complexity index is 1450. The predicted octanol–water partition coefficient (Wildman–Crippen LogP) is 3.12. The van der Waals surface area contributed by atoms with Crippen LogP contribution in [0.1, 0.15) is 19.8 Å². The zero-order valence-electron chi connectivity index (χ0n) is 19.7. The summed E-state index contributed by atoms with van der Waals surface area (Å²) in [6.07, 6.45) is 7.24. The quantitative estimate of drug-likeness (QED) is 0.311. The fourth-order valence-corrected chi connectivity index (χ4v) is 5.30. The van der Waals surface area contributed by atoms with Gasteiger partial charge in [0.1, 0.15) is 10.6 Å². The van der Waals surface area contributed by atoms with Crippen LogP contribution in [0.15, 0.2) is 66.1 Å². The highest BCUT2D eigenvalue weighted by atomic mass is 32.2. The summed E-state index contributed by atoms with van der Waals surface area (Å²) < 4.78 is 32.6. The van der Waals surface area contributed by atoms with Gasteiger partial charge in [-0.2, -0.15) is 8.42 Å². The lowest BCUT2D eigenvalue weighted by Crippen LogP contribution is -2.41. The largest absolute Gasteiger partial charge is 0.379 e. The van der Waals surface area contributed by atoms with Gasteiger partial charge in [-0.3, -0.25) is 10.2 Å². The van der Waals surface area contributed by atoms with E-state index in [9.17, 15) is 13.2 Å². The summed E-state index contributed by atoms with van der Waals surface area (Å²) in [5.74, 6) is 0.376. The van der Waals surface area contributed by atoms with Gasteiger partial charge in [0.15, 0.2) is 0 Å².